The summed E-state index contributed by atoms with van der Waals surface area (Å²) in [6.07, 6.45) is 0.685. The van der Waals surface area contributed by atoms with Crippen LogP contribution in [-0.2, 0) is 6.42 Å². The van der Waals surface area contributed by atoms with E-state index in [-0.39, 0.29) is 5.83 Å². The fourth-order valence-corrected chi connectivity index (χ4v) is 6.49. The van der Waals surface area contributed by atoms with Gasteiger partial charge in [0.25, 0.3) is 0 Å². The normalized spacial score (nSPS) is 13.9. The third kappa shape index (κ3) is 2.67. The quantitative estimate of drug-likeness (QED) is 0.520. The van der Waals surface area contributed by atoms with E-state index in [9.17, 15) is 0 Å². The Labute approximate surface area is 149 Å². The molecule has 0 fully saturated rings. The minimum Gasteiger partial charge on any atom is -0.207 e. The van der Waals surface area contributed by atoms with Crippen LogP contribution in [0.5, 0.6) is 0 Å². The molecule has 0 saturated carbocycles. The number of hydrogen-bond donors (Lipinski definition) is 0. The van der Waals surface area contributed by atoms with Crippen molar-refractivity contribution < 1.29 is 4.39 Å². The van der Waals surface area contributed by atoms with Gasteiger partial charge in [0, 0.05) is 5.56 Å². The number of hydrogen-bond acceptors (Lipinski definition) is 0. The Kier molecular flexibility index (Phi) is 3.93. The highest BCUT2D eigenvalue weighted by atomic mass is 28.3. The van der Waals surface area contributed by atoms with Crippen LogP contribution >= 0.6 is 0 Å². The Morgan fingerprint density at radius 2 is 1.24 bits per heavy atom. The molecule has 0 aromatic heterocycles. The molecule has 0 bridgehead atoms. The zero-order chi connectivity index (χ0) is 17.4. The van der Waals surface area contributed by atoms with E-state index in [0.717, 1.165) is 21.9 Å². The second-order valence-corrected chi connectivity index (χ2v) is 11.6. The zero-order valence-corrected chi connectivity index (χ0v) is 15.6. The van der Waals surface area contributed by atoms with Gasteiger partial charge in [-0.05, 0) is 28.3 Å². The van der Waals surface area contributed by atoms with Gasteiger partial charge < -0.3 is 0 Å². The van der Waals surface area contributed by atoms with Gasteiger partial charge in [-0.1, -0.05) is 97.1 Å². The summed E-state index contributed by atoms with van der Waals surface area (Å²) in [7, 11) is -2.11. The molecule has 2 heteroatoms. The summed E-state index contributed by atoms with van der Waals surface area (Å²) in [6, 6.07) is 26.7. The fourth-order valence-electron chi connectivity index (χ4n) is 3.80. The van der Waals surface area contributed by atoms with Gasteiger partial charge in [-0.15, -0.1) is 0 Å². The van der Waals surface area contributed by atoms with E-state index >= 15 is 4.39 Å². The molecule has 124 valence electrons. The Morgan fingerprint density at radius 3 is 1.96 bits per heavy atom. The molecule has 0 radical (unpaired) electrons. The molecule has 0 aliphatic heterocycles. The Morgan fingerprint density at radius 1 is 0.680 bits per heavy atom. The van der Waals surface area contributed by atoms with E-state index in [1.807, 2.05) is 36.4 Å². The molecule has 1 aliphatic carbocycles. The van der Waals surface area contributed by atoms with Crippen LogP contribution in [0.1, 0.15) is 11.1 Å². The maximum Gasteiger partial charge on any atom is 0.127 e. The van der Waals surface area contributed by atoms with E-state index in [1.165, 1.54) is 10.8 Å². The summed E-state index contributed by atoms with van der Waals surface area (Å²) < 4.78 is 15.8. The molecule has 1 aliphatic rings. The van der Waals surface area contributed by atoms with Crippen molar-refractivity contribution in [3.63, 3.8) is 0 Å². The van der Waals surface area contributed by atoms with Crippen molar-refractivity contribution in [3.8, 4) is 11.1 Å². The highest BCUT2D eigenvalue weighted by Gasteiger charge is 2.34. The SMILES string of the molecule is C[Si](C)(C1=C(F)c2ccccc2-c2ccccc2C1)c1ccccc1. The van der Waals surface area contributed by atoms with Gasteiger partial charge in [-0.25, -0.2) is 4.39 Å². The lowest BCUT2D eigenvalue weighted by molar-refractivity contribution is 0.753. The van der Waals surface area contributed by atoms with E-state index in [2.05, 4.69) is 55.6 Å². The van der Waals surface area contributed by atoms with Crippen LogP contribution in [0.2, 0.25) is 13.1 Å². The third-order valence-corrected chi connectivity index (χ3v) is 9.04. The molecule has 0 heterocycles. The number of halogens is 1. The summed E-state index contributed by atoms with van der Waals surface area (Å²) in [6.45, 7) is 4.52. The minimum absolute atomic E-state index is 0.0210. The highest BCUT2D eigenvalue weighted by Crippen LogP contribution is 2.40. The highest BCUT2D eigenvalue weighted by molar-refractivity contribution is 6.96. The lowest BCUT2D eigenvalue weighted by atomic mass is 9.96. The summed E-state index contributed by atoms with van der Waals surface area (Å²) in [5.74, 6) is -0.0210. The Bertz CT molecular complexity index is 955. The summed E-state index contributed by atoms with van der Waals surface area (Å²) in [5, 5.41) is 2.26. The smallest absolute Gasteiger partial charge is 0.127 e. The maximum atomic E-state index is 15.8. The van der Waals surface area contributed by atoms with E-state index in [0.29, 0.717) is 6.42 Å². The molecule has 0 unspecified atom stereocenters. The van der Waals surface area contributed by atoms with Crippen molar-refractivity contribution >= 4 is 19.1 Å². The van der Waals surface area contributed by atoms with E-state index in [1.54, 1.807) is 0 Å². The maximum absolute atomic E-state index is 15.8. The van der Waals surface area contributed by atoms with Crippen LogP contribution in [0.25, 0.3) is 17.0 Å². The Balaban J connectivity index is 1.98. The molecule has 0 amide bonds. The van der Waals surface area contributed by atoms with Crippen molar-refractivity contribution in [2.24, 2.45) is 0 Å². The van der Waals surface area contributed by atoms with Gasteiger partial charge in [-0.2, -0.15) is 0 Å². The first-order chi connectivity index (χ1) is 12.1. The first-order valence-corrected chi connectivity index (χ1v) is 11.7. The third-order valence-electron chi connectivity index (χ3n) is 5.35. The van der Waals surface area contributed by atoms with Gasteiger partial charge in [0.2, 0.25) is 0 Å². The van der Waals surface area contributed by atoms with Crippen molar-refractivity contribution in [1.29, 1.82) is 0 Å². The van der Waals surface area contributed by atoms with Crippen LogP contribution in [0.3, 0.4) is 0 Å². The zero-order valence-electron chi connectivity index (χ0n) is 14.6. The molecular formula is C23H21FSi. The fraction of sp³-hybridized carbons (Fsp3) is 0.130. The van der Waals surface area contributed by atoms with Crippen LogP contribution in [0.4, 0.5) is 4.39 Å². The van der Waals surface area contributed by atoms with E-state index < -0.39 is 8.07 Å². The largest absolute Gasteiger partial charge is 0.207 e. The molecule has 4 rings (SSSR count). The predicted octanol–water partition coefficient (Wildman–Crippen LogP) is 5.75. The number of allylic oxidation sites excluding steroid dienone is 1. The summed E-state index contributed by atoms with van der Waals surface area (Å²) in [5.41, 5.74) is 4.11. The average Bonchev–Trinajstić information content (AvgIpc) is 2.78. The second kappa shape index (κ2) is 6.12. The van der Waals surface area contributed by atoms with Crippen LogP contribution in [-0.4, -0.2) is 8.07 Å². The molecule has 25 heavy (non-hydrogen) atoms. The number of rotatable bonds is 2. The first-order valence-electron chi connectivity index (χ1n) is 8.71. The molecule has 3 aromatic rings. The van der Waals surface area contributed by atoms with Crippen molar-refractivity contribution in [2.75, 3.05) is 0 Å². The molecule has 0 nitrogen and oxygen atoms in total. The topological polar surface area (TPSA) is 0 Å². The summed E-state index contributed by atoms with van der Waals surface area (Å²) >= 11 is 0. The van der Waals surface area contributed by atoms with Gasteiger partial charge in [0.15, 0.2) is 0 Å². The standard InChI is InChI=1S/C23H21FSi/c1-25(2,18-11-4-3-5-12-18)22-16-17-10-6-7-13-19(17)20-14-8-9-15-21(20)23(22)24/h3-15H,16H2,1-2H3. The average molecular weight is 345 g/mol. The molecule has 3 aromatic carbocycles. The van der Waals surface area contributed by atoms with Gasteiger partial charge in [-0.3, -0.25) is 0 Å². The monoisotopic (exact) mass is 344 g/mol. The molecule has 0 spiro atoms. The lowest BCUT2D eigenvalue weighted by Gasteiger charge is -2.27. The molecule has 0 saturated heterocycles. The van der Waals surface area contributed by atoms with Crippen molar-refractivity contribution in [3.05, 3.63) is 95.2 Å². The van der Waals surface area contributed by atoms with Gasteiger partial charge in [0.1, 0.15) is 13.9 Å². The molecule has 0 N–H and O–H groups in total. The second-order valence-electron chi connectivity index (χ2n) is 7.16. The Hall–Kier alpha value is -2.45. The van der Waals surface area contributed by atoms with Crippen molar-refractivity contribution in [2.45, 2.75) is 19.5 Å². The summed E-state index contributed by atoms with van der Waals surface area (Å²) in [4.78, 5) is 0. The van der Waals surface area contributed by atoms with Crippen molar-refractivity contribution in [1.82, 2.24) is 0 Å². The van der Waals surface area contributed by atoms with Crippen LogP contribution in [0, 0.1) is 0 Å². The first kappa shape index (κ1) is 16.0. The minimum atomic E-state index is -2.11. The van der Waals surface area contributed by atoms with E-state index in [4.69, 9.17) is 0 Å². The number of benzene rings is 3. The predicted molar refractivity (Wildman–Crippen MR) is 107 cm³/mol. The number of fused-ring (bicyclic) bond motifs is 3. The van der Waals surface area contributed by atoms with Gasteiger partial charge >= 0.3 is 0 Å². The molecular weight excluding hydrogens is 323 g/mol. The molecule has 0 atom stereocenters. The van der Waals surface area contributed by atoms with Crippen LogP contribution < -0.4 is 5.19 Å². The van der Waals surface area contributed by atoms with Crippen LogP contribution in [0.15, 0.2) is 84.1 Å². The lowest BCUT2D eigenvalue weighted by Crippen LogP contribution is -2.44. The van der Waals surface area contributed by atoms with Gasteiger partial charge in [0.05, 0.1) is 0 Å².